The van der Waals surface area contributed by atoms with Gasteiger partial charge in [-0.25, -0.2) is 0 Å². The second-order valence-electron chi connectivity index (χ2n) is 8.17. The molecule has 0 spiro atoms. The molecule has 0 atom stereocenters. The van der Waals surface area contributed by atoms with Crippen molar-refractivity contribution in [3.05, 3.63) is 101 Å². The molecule has 1 aromatic heterocycles. The van der Waals surface area contributed by atoms with E-state index in [1.54, 1.807) is 36.4 Å². The minimum atomic E-state index is -4.41. The molecule has 4 aromatic rings. The summed E-state index contributed by atoms with van der Waals surface area (Å²) in [6, 6.07) is 22.1. The third-order valence-electron chi connectivity index (χ3n) is 5.91. The van der Waals surface area contributed by atoms with Crippen molar-refractivity contribution in [1.29, 1.82) is 0 Å². The van der Waals surface area contributed by atoms with Gasteiger partial charge in [-0.2, -0.15) is 18.3 Å². The van der Waals surface area contributed by atoms with Gasteiger partial charge in [0.15, 0.2) is 0 Å². The van der Waals surface area contributed by atoms with Crippen LogP contribution >= 0.6 is 0 Å². The van der Waals surface area contributed by atoms with E-state index in [-0.39, 0.29) is 11.9 Å². The number of halogens is 3. The standard InChI is InChI=1S/C26H20F3N3O/c27-26(28,29)21-7-3-6-20(12-21)24-15-23(31-32-24)16-8-10-17(11-9-16)25(33)30-22-13-18-4-1-2-5-19(18)14-22/h1-12,15,22H,13-14H2,(H,30,33)(H,31,32). The number of carbonyl (C=O) groups excluding carboxylic acids is 1. The Labute approximate surface area is 188 Å². The van der Waals surface area contributed by atoms with Gasteiger partial charge in [-0.1, -0.05) is 48.5 Å². The van der Waals surface area contributed by atoms with Crippen LogP contribution in [0.15, 0.2) is 78.9 Å². The van der Waals surface area contributed by atoms with Crippen LogP contribution in [0.3, 0.4) is 0 Å². The topological polar surface area (TPSA) is 57.8 Å². The van der Waals surface area contributed by atoms with Crippen molar-refractivity contribution in [1.82, 2.24) is 15.5 Å². The average Bonchev–Trinajstić information content (AvgIpc) is 3.46. The summed E-state index contributed by atoms with van der Waals surface area (Å²) in [5.41, 5.74) is 4.60. The summed E-state index contributed by atoms with van der Waals surface area (Å²) < 4.78 is 39.0. The maximum Gasteiger partial charge on any atom is 0.416 e. The molecule has 1 amide bonds. The van der Waals surface area contributed by atoms with E-state index in [0.29, 0.717) is 22.5 Å². The van der Waals surface area contributed by atoms with Crippen LogP contribution in [0.4, 0.5) is 13.2 Å². The van der Waals surface area contributed by atoms with Crippen LogP contribution in [0, 0.1) is 0 Å². The van der Waals surface area contributed by atoms with Gasteiger partial charge in [0, 0.05) is 17.2 Å². The first-order valence-electron chi connectivity index (χ1n) is 10.6. The molecule has 3 aromatic carbocycles. The highest BCUT2D eigenvalue weighted by molar-refractivity contribution is 5.95. The quantitative estimate of drug-likeness (QED) is 0.424. The van der Waals surface area contributed by atoms with Crippen molar-refractivity contribution in [2.75, 3.05) is 0 Å². The van der Waals surface area contributed by atoms with Crippen LogP contribution in [-0.2, 0) is 19.0 Å². The molecule has 0 fully saturated rings. The van der Waals surface area contributed by atoms with Crippen LogP contribution in [0.2, 0.25) is 0 Å². The molecule has 7 heteroatoms. The van der Waals surface area contributed by atoms with E-state index in [4.69, 9.17) is 0 Å². The summed E-state index contributed by atoms with van der Waals surface area (Å²) in [7, 11) is 0. The zero-order chi connectivity index (χ0) is 23.0. The summed E-state index contributed by atoms with van der Waals surface area (Å²) >= 11 is 0. The van der Waals surface area contributed by atoms with Gasteiger partial charge in [-0.3, -0.25) is 9.89 Å². The Morgan fingerprint density at radius 2 is 1.58 bits per heavy atom. The minimum absolute atomic E-state index is 0.0807. The second-order valence-corrected chi connectivity index (χ2v) is 8.17. The first-order chi connectivity index (χ1) is 15.9. The average molecular weight is 447 g/mol. The van der Waals surface area contributed by atoms with Crippen LogP contribution in [0.1, 0.15) is 27.0 Å². The number of rotatable bonds is 4. The molecule has 0 saturated heterocycles. The van der Waals surface area contributed by atoms with E-state index in [1.807, 2.05) is 12.1 Å². The summed E-state index contributed by atoms with van der Waals surface area (Å²) in [5, 5.41) is 10.1. The minimum Gasteiger partial charge on any atom is -0.349 e. The normalized spacial score (nSPS) is 13.7. The number of hydrogen-bond donors (Lipinski definition) is 2. The number of hydrogen-bond acceptors (Lipinski definition) is 2. The number of aromatic amines is 1. The smallest absolute Gasteiger partial charge is 0.349 e. The maximum absolute atomic E-state index is 13.0. The summed E-state index contributed by atoms with van der Waals surface area (Å²) in [5.74, 6) is -0.131. The number of nitrogens with zero attached hydrogens (tertiary/aromatic N) is 1. The lowest BCUT2D eigenvalue weighted by molar-refractivity contribution is -0.137. The molecule has 166 valence electrons. The van der Waals surface area contributed by atoms with Crippen molar-refractivity contribution in [2.24, 2.45) is 0 Å². The fourth-order valence-corrected chi connectivity index (χ4v) is 4.20. The molecule has 0 aliphatic heterocycles. The molecule has 4 nitrogen and oxygen atoms in total. The van der Waals surface area contributed by atoms with Crippen LogP contribution in [0.25, 0.3) is 22.5 Å². The Kier molecular flexibility index (Phi) is 5.24. The Hall–Kier alpha value is -3.87. The number of benzene rings is 3. The largest absolute Gasteiger partial charge is 0.416 e. The van der Waals surface area contributed by atoms with Crippen molar-refractivity contribution in [3.63, 3.8) is 0 Å². The van der Waals surface area contributed by atoms with Gasteiger partial charge in [0.05, 0.1) is 17.0 Å². The lowest BCUT2D eigenvalue weighted by Gasteiger charge is -2.12. The van der Waals surface area contributed by atoms with E-state index in [9.17, 15) is 18.0 Å². The molecule has 33 heavy (non-hydrogen) atoms. The number of aromatic nitrogens is 2. The molecule has 0 radical (unpaired) electrons. The SMILES string of the molecule is O=C(NC1Cc2ccccc2C1)c1ccc(-c2cc(-c3cccc(C(F)(F)F)c3)n[nH]2)cc1. The molecule has 5 rings (SSSR count). The number of carbonyl (C=O) groups is 1. The number of alkyl halides is 3. The van der Waals surface area contributed by atoms with Crippen LogP contribution in [-0.4, -0.2) is 22.1 Å². The monoisotopic (exact) mass is 447 g/mol. The predicted molar refractivity (Wildman–Crippen MR) is 120 cm³/mol. The van der Waals surface area contributed by atoms with Crippen LogP contribution < -0.4 is 5.32 Å². The summed E-state index contributed by atoms with van der Waals surface area (Å²) in [6.07, 6.45) is -2.76. The molecular formula is C26H20F3N3O. The van der Waals surface area contributed by atoms with Gasteiger partial charge in [0.1, 0.15) is 0 Å². The molecule has 1 aliphatic carbocycles. The summed E-state index contributed by atoms with van der Waals surface area (Å²) in [4.78, 5) is 12.7. The van der Waals surface area contributed by atoms with Gasteiger partial charge in [0.2, 0.25) is 0 Å². The van der Waals surface area contributed by atoms with E-state index in [1.165, 1.54) is 17.2 Å². The van der Waals surface area contributed by atoms with E-state index in [2.05, 4.69) is 27.6 Å². The van der Waals surface area contributed by atoms with E-state index in [0.717, 1.165) is 30.5 Å². The van der Waals surface area contributed by atoms with E-state index < -0.39 is 11.7 Å². The molecule has 1 heterocycles. The van der Waals surface area contributed by atoms with Gasteiger partial charge >= 0.3 is 6.18 Å². The van der Waals surface area contributed by atoms with Crippen molar-refractivity contribution >= 4 is 5.91 Å². The second kappa shape index (κ2) is 8.24. The fourth-order valence-electron chi connectivity index (χ4n) is 4.20. The maximum atomic E-state index is 13.0. The zero-order valence-electron chi connectivity index (χ0n) is 17.5. The van der Waals surface area contributed by atoms with Gasteiger partial charge in [-0.05, 0) is 59.9 Å². The molecular weight excluding hydrogens is 427 g/mol. The highest BCUT2D eigenvalue weighted by atomic mass is 19.4. The number of H-pyrrole nitrogens is 1. The molecule has 1 aliphatic rings. The Bertz CT molecular complexity index is 1280. The van der Waals surface area contributed by atoms with Crippen molar-refractivity contribution in [2.45, 2.75) is 25.1 Å². The first-order valence-corrected chi connectivity index (χ1v) is 10.6. The van der Waals surface area contributed by atoms with Gasteiger partial charge in [0.25, 0.3) is 5.91 Å². The van der Waals surface area contributed by atoms with Crippen molar-refractivity contribution in [3.8, 4) is 22.5 Å². The first kappa shape index (κ1) is 21.0. The molecule has 0 unspecified atom stereocenters. The Morgan fingerprint density at radius 1 is 0.879 bits per heavy atom. The lowest BCUT2D eigenvalue weighted by atomic mass is 10.1. The van der Waals surface area contributed by atoms with Gasteiger partial charge in [-0.15, -0.1) is 0 Å². The van der Waals surface area contributed by atoms with E-state index >= 15 is 0 Å². The molecule has 0 bridgehead atoms. The lowest BCUT2D eigenvalue weighted by Crippen LogP contribution is -2.35. The highest BCUT2D eigenvalue weighted by Crippen LogP contribution is 2.32. The number of amides is 1. The fraction of sp³-hybridized carbons (Fsp3) is 0.154. The summed E-state index contributed by atoms with van der Waals surface area (Å²) in [6.45, 7) is 0. The highest BCUT2D eigenvalue weighted by Gasteiger charge is 2.30. The predicted octanol–water partition coefficient (Wildman–Crippen LogP) is 5.66. The van der Waals surface area contributed by atoms with Crippen molar-refractivity contribution < 1.29 is 18.0 Å². The van der Waals surface area contributed by atoms with Gasteiger partial charge < -0.3 is 5.32 Å². The third kappa shape index (κ3) is 4.39. The number of nitrogens with one attached hydrogen (secondary N) is 2. The number of fused-ring (bicyclic) bond motifs is 1. The van der Waals surface area contributed by atoms with Crippen LogP contribution in [0.5, 0.6) is 0 Å². The zero-order valence-corrected chi connectivity index (χ0v) is 17.5. The Morgan fingerprint density at radius 3 is 2.24 bits per heavy atom. The Balaban J connectivity index is 1.28. The molecule has 0 saturated carbocycles. The molecule has 2 N–H and O–H groups in total. The third-order valence-corrected chi connectivity index (χ3v) is 5.91.